The molecule has 0 aromatic heterocycles. The van der Waals surface area contributed by atoms with Crippen molar-refractivity contribution in [2.75, 3.05) is 6.61 Å². The van der Waals surface area contributed by atoms with Gasteiger partial charge >= 0.3 is 0 Å². The number of hydrogen-bond acceptors (Lipinski definition) is 4. The predicted molar refractivity (Wildman–Crippen MR) is 77.8 cm³/mol. The molecule has 0 spiro atoms. The maximum atomic E-state index is 12.2. The van der Waals surface area contributed by atoms with Gasteiger partial charge in [-0.25, -0.2) is 13.1 Å². The number of benzene rings is 1. The molecule has 0 radical (unpaired) electrons. The SMILES string of the molecule is CCOC1CC(NS(=O)(=O)c2ccc(C(C)N)cc2)C1. The highest BCUT2D eigenvalue weighted by molar-refractivity contribution is 7.89. The van der Waals surface area contributed by atoms with Gasteiger partial charge in [-0.2, -0.15) is 0 Å². The van der Waals surface area contributed by atoms with Gasteiger partial charge in [0.1, 0.15) is 0 Å². The molecule has 1 aliphatic carbocycles. The van der Waals surface area contributed by atoms with Crippen LogP contribution in [0.4, 0.5) is 0 Å². The van der Waals surface area contributed by atoms with Gasteiger partial charge in [-0.15, -0.1) is 0 Å². The molecular formula is C14H22N2O3S. The third kappa shape index (κ3) is 3.58. The lowest BCUT2D eigenvalue weighted by Gasteiger charge is -2.35. The summed E-state index contributed by atoms with van der Waals surface area (Å²) in [5.41, 5.74) is 6.67. The first-order valence-corrected chi connectivity index (χ1v) is 8.40. The Morgan fingerprint density at radius 3 is 2.45 bits per heavy atom. The van der Waals surface area contributed by atoms with Crippen molar-refractivity contribution in [2.24, 2.45) is 5.73 Å². The molecule has 1 aliphatic rings. The van der Waals surface area contributed by atoms with Crippen LogP contribution in [0.2, 0.25) is 0 Å². The van der Waals surface area contributed by atoms with Crippen LogP contribution in [0.25, 0.3) is 0 Å². The van der Waals surface area contributed by atoms with Crippen LogP contribution < -0.4 is 10.5 Å². The molecule has 1 aromatic rings. The van der Waals surface area contributed by atoms with Gasteiger partial charge in [-0.1, -0.05) is 12.1 Å². The zero-order valence-electron chi connectivity index (χ0n) is 11.9. The van der Waals surface area contributed by atoms with E-state index in [0.29, 0.717) is 6.61 Å². The molecular weight excluding hydrogens is 276 g/mol. The van der Waals surface area contributed by atoms with Crippen molar-refractivity contribution >= 4 is 10.0 Å². The Labute approximate surface area is 120 Å². The van der Waals surface area contributed by atoms with Gasteiger partial charge < -0.3 is 10.5 Å². The highest BCUT2D eigenvalue weighted by Crippen LogP contribution is 2.25. The van der Waals surface area contributed by atoms with Crippen LogP contribution in [-0.4, -0.2) is 27.2 Å². The number of rotatable bonds is 6. The van der Waals surface area contributed by atoms with E-state index in [4.69, 9.17) is 10.5 Å². The molecule has 1 unspecified atom stereocenters. The average molecular weight is 298 g/mol. The van der Waals surface area contributed by atoms with Crippen LogP contribution in [-0.2, 0) is 14.8 Å². The first kappa shape index (κ1) is 15.4. The van der Waals surface area contributed by atoms with Crippen molar-refractivity contribution in [3.8, 4) is 0 Å². The van der Waals surface area contributed by atoms with Crippen molar-refractivity contribution in [2.45, 2.75) is 49.8 Å². The maximum absolute atomic E-state index is 12.2. The molecule has 1 saturated carbocycles. The Morgan fingerprint density at radius 1 is 1.35 bits per heavy atom. The quantitative estimate of drug-likeness (QED) is 0.835. The largest absolute Gasteiger partial charge is 0.378 e. The summed E-state index contributed by atoms with van der Waals surface area (Å²) in [4.78, 5) is 0.279. The van der Waals surface area contributed by atoms with Crippen molar-refractivity contribution in [3.63, 3.8) is 0 Å². The summed E-state index contributed by atoms with van der Waals surface area (Å²) in [6, 6.07) is 6.58. The molecule has 3 N–H and O–H groups in total. The molecule has 5 nitrogen and oxygen atoms in total. The normalized spacial score (nSPS) is 24.1. The van der Waals surface area contributed by atoms with E-state index in [2.05, 4.69) is 4.72 Å². The summed E-state index contributed by atoms with van der Waals surface area (Å²) >= 11 is 0. The Balaban J connectivity index is 1.97. The average Bonchev–Trinajstić information content (AvgIpc) is 2.36. The highest BCUT2D eigenvalue weighted by atomic mass is 32.2. The van der Waals surface area contributed by atoms with E-state index in [9.17, 15) is 8.42 Å². The molecule has 1 atom stereocenters. The standard InChI is InChI=1S/C14H22N2O3S/c1-3-19-13-8-12(9-13)16-20(17,18)14-6-4-11(5-7-14)10(2)15/h4-7,10,12-13,16H,3,8-9,15H2,1-2H3. The lowest BCUT2D eigenvalue weighted by atomic mass is 9.90. The van der Waals surface area contributed by atoms with Gasteiger partial charge in [0.05, 0.1) is 11.0 Å². The van der Waals surface area contributed by atoms with Crippen molar-refractivity contribution in [1.29, 1.82) is 0 Å². The Bertz CT molecular complexity index is 534. The van der Waals surface area contributed by atoms with Gasteiger partial charge in [0.25, 0.3) is 0 Å². The molecule has 0 saturated heterocycles. The van der Waals surface area contributed by atoms with Crippen LogP contribution in [0.5, 0.6) is 0 Å². The van der Waals surface area contributed by atoms with Crippen LogP contribution >= 0.6 is 0 Å². The maximum Gasteiger partial charge on any atom is 0.240 e. The first-order valence-electron chi connectivity index (χ1n) is 6.92. The summed E-state index contributed by atoms with van der Waals surface area (Å²) in [6.45, 7) is 4.48. The number of sulfonamides is 1. The Morgan fingerprint density at radius 2 is 1.95 bits per heavy atom. The van der Waals surface area contributed by atoms with Gasteiger partial charge in [-0.3, -0.25) is 0 Å². The van der Waals surface area contributed by atoms with E-state index >= 15 is 0 Å². The molecule has 0 aliphatic heterocycles. The number of ether oxygens (including phenoxy) is 1. The number of nitrogens with one attached hydrogen (secondary N) is 1. The van der Waals surface area contributed by atoms with Crippen molar-refractivity contribution in [3.05, 3.63) is 29.8 Å². The van der Waals surface area contributed by atoms with E-state index in [-0.39, 0.29) is 23.1 Å². The molecule has 112 valence electrons. The van der Waals surface area contributed by atoms with Gasteiger partial charge in [0.2, 0.25) is 10.0 Å². The second kappa shape index (κ2) is 6.22. The van der Waals surface area contributed by atoms with Crippen LogP contribution in [0.3, 0.4) is 0 Å². The van der Waals surface area contributed by atoms with Crippen molar-refractivity contribution in [1.82, 2.24) is 4.72 Å². The van der Waals surface area contributed by atoms with Crippen LogP contribution in [0, 0.1) is 0 Å². The number of hydrogen-bond donors (Lipinski definition) is 2. The highest BCUT2D eigenvalue weighted by Gasteiger charge is 2.33. The minimum atomic E-state index is -3.45. The zero-order chi connectivity index (χ0) is 14.8. The fourth-order valence-electron chi connectivity index (χ4n) is 2.27. The fourth-order valence-corrected chi connectivity index (χ4v) is 3.53. The zero-order valence-corrected chi connectivity index (χ0v) is 12.7. The van der Waals surface area contributed by atoms with E-state index < -0.39 is 10.0 Å². The van der Waals surface area contributed by atoms with E-state index in [0.717, 1.165) is 18.4 Å². The molecule has 2 rings (SSSR count). The molecule has 1 aromatic carbocycles. The predicted octanol–water partition coefficient (Wildman–Crippen LogP) is 1.55. The van der Waals surface area contributed by atoms with E-state index in [1.165, 1.54) is 0 Å². The second-order valence-corrected chi connectivity index (χ2v) is 6.94. The lowest BCUT2D eigenvalue weighted by molar-refractivity contribution is -0.00475. The number of nitrogens with two attached hydrogens (primary N) is 1. The fraction of sp³-hybridized carbons (Fsp3) is 0.571. The second-order valence-electron chi connectivity index (χ2n) is 5.22. The minimum Gasteiger partial charge on any atom is -0.378 e. The third-order valence-electron chi connectivity index (χ3n) is 3.54. The Kier molecular flexibility index (Phi) is 4.80. The molecule has 1 fully saturated rings. The smallest absolute Gasteiger partial charge is 0.240 e. The molecule has 0 heterocycles. The van der Waals surface area contributed by atoms with Crippen molar-refractivity contribution < 1.29 is 13.2 Å². The van der Waals surface area contributed by atoms with Crippen LogP contribution in [0.15, 0.2) is 29.2 Å². The lowest BCUT2D eigenvalue weighted by Crippen LogP contribution is -2.47. The molecule has 0 amide bonds. The van der Waals surface area contributed by atoms with Gasteiger partial charge in [0, 0.05) is 18.7 Å². The monoisotopic (exact) mass is 298 g/mol. The van der Waals surface area contributed by atoms with E-state index in [1.807, 2.05) is 13.8 Å². The summed E-state index contributed by atoms with van der Waals surface area (Å²) < 4.78 is 32.5. The molecule has 20 heavy (non-hydrogen) atoms. The van der Waals surface area contributed by atoms with Gasteiger partial charge in [-0.05, 0) is 44.4 Å². The first-order chi connectivity index (χ1) is 9.42. The van der Waals surface area contributed by atoms with Crippen LogP contribution in [0.1, 0.15) is 38.3 Å². The molecule has 0 bridgehead atoms. The Hall–Kier alpha value is -0.950. The summed E-state index contributed by atoms with van der Waals surface area (Å²) in [6.07, 6.45) is 1.67. The summed E-state index contributed by atoms with van der Waals surface area (Å²) in [5, 5.41) is 0. The topological polar surface area (TPSA) is 81.4 Å². The minimum absolute atomic E-state index is 0.0235. The summed E-state index contributed by atoms with van der Waals surface area (Å²) in [7, 11) is -3.45. The van der Waals surface area contributed by atoms with E-state index in [1.54, 1.807) is 24.3 Å². The van der Waals surface area contributed by atoms with Gasteiger partial charge in [0.15, 0.2) is 0 Å². The molecule has 6 heteroatoms. The third-order valence-corrected chi connectivity index (χ3v) is 5.07. The summed E-state index contributed by atoms with van der Waals surface area (Å²) in [5.74, 6) is 0.